The quantitative estimate of drug-likeness (QED) is 0.269. The van der Waals surface area contributed by atoms with E-state index in [0.717, 1.165) is 11.1 Å². The van der Waals surface area contributed by atoms with Gasteiger partial charge in [-0.1, -0.05) is 29.4 Å². The van der Waals surface area contributed by atoms with E-state index in [-0.39, 0.29) is 0 Å². The van der Waals surface area contributed by atoms with E-state index >= 15 is 0 Å². The average molecular weight is 278 g/mol. The van der Waals surface area contributed by atoms with Crippen molar-refractivity contribution in [3.63, 3.8) is 0 Å². The Balaban J connectivity index is 2.97. The smallest absolute Gasteiger partial charge is 0.346 e. The van der Waals surface area contributed by atoms with Crippen molar-refractivity contribution in [2.45, 2.75) is 26.9 Å². The summed E-state index contributed by atoms with van der Waals surface area (Å²) in [6, 6.07) is 0. The lowest BCUT2D eigenvalue weighted by molar-refractivity contribution is -0.142. The predicted octanol–water partition coefficient (Wildman–Crippen LogP) is 1.75. The maximum absolute atomic E-state index is 11.7. The first-order valence-electron chi connectivity index (χ1n) is 6.19. The van der Waals surface area contributed by atoms with Crippen molar-refractivity contribution >= 4 is 11.8 Å². The predicted molar refractivity (Wildman–Crippen MR) is 74.0 cm³/mol. The van der Waals surface area contributed by atoms with Gasteiger partial charge in [-0.3, -0.25) is 4.79 Å². The fourth-order valence-corrected chi connectivity index (χ4v) is 1.64. The Hall–Kier alpha value is -2.14. The molecule has 1 atom stereocenters. The van der Waals surface area contributed by atoms with Crippen LogP contribution in [0.15, 0.2) is 46.8 Å². The van der Waals surface area contributed by atoms with Crippen LogP contribution in [0.25, 0.3) is 0 Å². The molecule has 1 saturated heterocycles. The van der Waals surface area contributed by atoms with Crippen LogP contribution in [-0.2, 0) is 14.3 Å². The minimum atomic E-state index is -1.21. The van der Waals surface area contributed by atoms with E-state index in [1.807, 2.05) is 32.9 Å². The van der Waals surface area contributed by atoms with Crippen LogP contribution in [0.2, 0.25) is 0 Å². The Morgan fingerprint density at radius 2 is 1.90 bits per heavy atom. The van der Waals surface area contributed by atoms with Crippen LogP contribution in [0.1, 0.15) is 20.8 Å². The molecule has 5 heteroatoms. The van der Waals surface area contributed by atoms with Gasteiger partial charge in [0, 0.05) is 0 Å². The number of allylic oxidation sites excluding steroid dienone is 6. The van der Waals surface area contributed by atoms with E-state index in [9.17, 15) is 14.7 Å². The van der Waals surface area contributed by atoms with Crippen molar-refractivity contribution in [2.24, 2.45) is 0 Å². The van der Waals surface area contributed by atoms with Crippen LogP contribution in [0, 0.1) is 0 Å². The first-order chi connectivity index (χ1) is 9.40. The minimum Gasteiger partial charge on any atom is -0.507 e. The van der Waals surface area contributed by atoms with Crippen LogP contribution in [0.5, 0.6) is 0 Å². The molecule has 5 nitrogen and oxygen atoms in total. The summed E-state index contributed by atoms with van der Waals surface area (Å²) in [4.78, 5) is 23.1. The maximum atomic E-state index is 11.7. The second-order valence-electron chi connectivity index (χ2n) is 4.46. The average Bonchev–Trinajstić information content (AvgIpc) is 2.70. The summed E-state index contributed by atoms with van der Waals surface area (Å²) in [6.45, 7) is 5.07. The Morgan fingerprint density at radius 3 is 2.40 bits per heavy atom. The molecule has 0 saturated carbocycles. The first-order valence-corrected chi connectivity index (χ1v) is 6.19. The van der Waals surface area contributed by atoms with E-state index in [0.29, 0.717) is 0 Å². The molecule has 0 aromatic heterocycles. The van der Waals surface area contributed by atoms with Gasteiger partial charge < -0.3 is 14.9 Å². The Kier molecular flexibility index (Phi) is 5.46. The summed E-state index contributed by atoms with van der Waals surface area (Å²) in [5.41, 5.74) is 1.48. The van der Waals surface area contributed by atoms with Crippen LogP contribution in [0.3, 0.4) is 0 Å². The largest absolute Gasteiger partial charge is 0.507 e. The summed E-state index contributed by atoms with van der Waals surface area (Å²) in [6.07, 6.45) is 5.46. The highest BCUT2D eigenvalue weighted by Crippen LogP contribution is 2.20. The lowest BCUT2D eigenvalue weighted by Gasteiger charge is -1.99. The number of rotatable bonds is 4. The molecule has 0 spiro atoms. The molecule has 1 fully saturated rings. The molecule has 0 aliphatic carbocycles. The van der Waals surface area contributed by atoms with E-state index in [1.165, 1.54) is 6.08 Å². The number of ether oxygens (including phenoxy) is 1. The number of carbonyl (C=O) groups excluding carboxylic acids is 2. The van der Waals surface area contributed by atoms with Gasteiger partial charge >= 0.3 is 5.97 Å². The molecule has 0 aromatic carbocycles. The Labute approximate surface area is 117 Å². The number of cyclic esters (lactones) is 1. The lowest BCUT2D eigenvalue weighted by Crippen LogP contribution is -2.20. The van der Waals surface area contributed by atoms with Crippen molar-refractivity contribution < 1.29 is 24.5 Å². The fraction of sp³-hybridized carbons (Fsp3) is 0.333. The zero-order valence-corrected chi connectivity index (χ0v) is 11.7. The number of Topliss-reactive ketones (excluding diaryl/α,β-unsaturated/α-hetero) is 1. The summed E-state index contributed by atoms with van der Waals surface area (Å²) in [7, 11) is 0. The molecule has 0 bridgehead atoms. The number of hydrogen-bond acceptors (Lipinski definition) is 5. The molecule has 2 N–H and O–H groups in total. The second-order valence-corrected chi connectivity index (χ2v) is 4.46. The Morgan fingerprint density at radius 1 is 1.25 bits per heavy atom. The van der Waals surface area contributed by atoms with E-state index in [4.69, 9.17) is 5.11 Å². The molecule has 0 radical (unpaired) electrons. The minimum absolute atomic E-state index is 0.421. The molecular formula is C15H18O5. The molecule has 0 aromatic rings. The van der Waals surface area contributed by atoms with E-state index < -0.39 is 35.8 Å². The highest BCUT2D eigenvalue weighted by Gasteiger charge is 2.40. The second kappa shape index (κ2) is 6.86. The highest BCUT2D eigenvalue weighted by molar-refractivity contribution is 6.23. The first kappa shape index (κ1) is 15.9. The normalized spacial score (nSPS) is 23.5. The molecule has 20 heavy (non-hydrogen) atoms. The lowest BCUT2D eigenvalue weighted by atomic mass is 10.1. The molecule has 1 rings (SSSR count). The van der Waals surface area contributed by atoms with Gasteiger partial charge in [-0.15, -0.1) is 0 Å². The molecule has 0 amide bonds. The summed E-state index contributed by atoms with van der Waals surface area (Å²) < 4.78 is 4.63. The summed E-state index contributed by atoms with van der Waals surface area (Å²) in [5.74, 6) is -2.07. The summed E-state index contributed by atoms with van der Waals surface area (Å²) >= 11 is 0. The molecule has 1 heterocycles. The van der Waals surface area contributed by atoms with Gasteiger partial charge in [-0.05, 0) is 26.8 Å². The monoisotopic (exact) mass is 278 g/mol. The van der Waals surface area contributed by atoms with Crippen LogP contribution >= 0.6 is 0 Å². The number of aliphatic hydroxyl groups is 2. The third-order valence-electron chi connectivity index (χ3n) is 2.83. The number of carbonyl (C=O) groups is 2. The Bertz CT molecular complexity index is 534. The SMILES string of the molecule is C/C=C(C)/C=C(C)/C=C/C(O)=C1/C(=O)O[C@H](CO)C1=O. The third-order valence-corrected chi connectivity index (χ3v) is 2.83. The van der Waals surface area contributed by atoms with Gasteiger partial charge in [0.05, 0.1) is 6.61 Å². The van der Waals surface area contributed by atoms with Crippen LogP contribution < -0.4 is 0 Å². The third kappa shape index (κ3) is 3.68. The molecule has 0 unspecified atom stereocenters. The number of esters is 1. The topological polar surface area (TPSA) is 83.8 Å². The van der Waals surface area contributed by atoms with Crippen LogP contribution in [-0.4, -0.2) is 34.7 Å². The molecule has 1 aliphatic rings. The van der Waals surface area contributed by atoms with E-state index in [2.05, 4.69) is 4.74 Å². The van der Waals surface area contributed by atoms with Crippen molar-refractivity contribution in [1.82, 2.24) is 0 Å². The van der Waals surface area contributed by atoms with E-state index in [1.54, 1.807) is 6.08 Å². The number of aliphatic hydroxyl groups excluding tert-OH is 2. The van der Waals surface area contributed by atoms with Gasteiger partial charge in [0.1, 0.15) is 11.3 Å². The van der Waals surface area contributed by atoms with Gasteiger partial charge in [-0.25, -0.2) is 4.79 Å². The van der Waals surface area contributed by atoms with Gasteiger partial charge in [0.2, 0.25) is 5.78 Å². The zero-order valence-electron chi connectivity index (χ0n) is 11.7. The van der Waals surface area contributed by atoms with Gasteiger partial charge in [-0.2, -0.15) is 0 Å². The van der Waals surface area contributed by atoms with Gasteiger partial charge in [0.15, 0.2) is 6.10 Å². The standard InChI is InChI=1S/C15H18O5/c1-4-9(2)7-10(3)5-6-11(17)13-14(18)12(8-16)20-15(13)19/h4-7,12,16-17H,8H2,1-3H3/b6-5+,9-4+,10-7+,13-11-/t12-/m1/s1. The van der Waals surface area contributed by atoms with Crippen LogP contribution in [0.4, 0.5) is 0 Å². The summed E-state index contributed by atoms with van der Waals surface area (Å²) in [5, 5.41) is 18.7. The fourth-order valence-electron chi connectivity index (χ4n) is 1.64. The highest BCUT2D eigenvalue weighted by atomic mass is 16.6. The molecule has 108 valence electrons. The maximum Gasteiger partial charge on any atom is 0.346 e. The number of hydrogen-bond donors (Lipinski definition) is 2. The van der Waals surface area contributed by atoms with Gasteiger partial charge in [0.25, 0.3) is 0 Å². The van der Waals surface area contributed by atoms with Crippen molar-refractivity contribution in [3.05, 3.63) is 46.8 Å². The van der Waals surface area contributed by atoms with Crippen molar-refractivity contribution in [3.8, 4) is 0 Å². The zero-order chi connectivity index (χ0) is 15.3. The number of ketones is 1. The molecular weight excluding hydrogens is 260 g/mol. The van der Waals surface area contributed by atoms with Crippen molar-refractivity contribution in [2.75, 3.05) is 6.61 Å². The molecule has 1 aliphatic heterocycles. The van der Waals surface area contributed by atoms with Crippen molar-refractivity contribution in [1.29, 1.82) is 0 Å².